The lowest BCUT2D eigenvalue weighted by Crippen LogP contribution is -2.52. The molecule has 1 aromatic heterocycles. The number of benzene rings is 1. The number of hydrogen-bond acceptors (Lipinski definition) is 6. The highest BCUT2D eigenvalue weighted by Gasteiger charge is 2.50. The predicted octanol–water partition coefficient (Wildman–Crippen LogP) is 4.31. The average Bonchev–Trinajstić information content (AvgIpc) is 3.45. The van der Waals surface area contributed by atoms with E-state index in [4.69, 9.17) is 10.00 Å². The second-order valence-corrected chi connectivity index (χ2v) is 10.3. The van der Waals surface area contributed by atoms with E-state index in [9.17, 15) is 10.1 Å². The van der Waals surface area contributed by atoms with Crippen molar-refractivity contribution in [2.75, 3.05) is 0 Å². The molecule has 0 spiro atoms. The van der Waals surface area contributed by atoms with Crippen molar-refractivity contribution >= 4 is 5.91 Å². The van der Waals surface area contributed by atoms with E-state index in [1.54, 1.807) is 12.3 Å². The number of nitrogens with zero attached hydrogens (tertiary/aromatic N) is 4. The van der Waals surface area contributed by atoms with Crippen LogP contribution in [0.1, 0.15) is 51.3 Å². The summed E-state index contributed by atoms with van der Waals surface area (Å²) in [6.45, 7) is 10.0. The maximum absolute atomic E-state index is 13.3. The molecule has 35 heavy (non-hydrogen) atoms. The molecule has 2 aliphatic rings. The molecule has 7 heteroatoms. The van der Waals surface area contributed by atoms with Crippen LogP contribution in [-0.4, -0.2) is 39.5 Å². The Morgan fingerprint density at radius 1 is 1.23 bits per heavy atom. The number of nitrogens with one attached hydrogen (secondary N) is 1. The summed E-state index contributed by atoms with van der Waals surface area (Å²) < 4.78 is 6.01. The minimum absolute atomic E-state index is 0.139. The third-order valence-corrected chi connectivity index (χ3v) is 6.64. The summed E-state index contributed by atoms with van der Waals surface area (Å²) in [6.07, 6.45) is 5.00. The first-order valence-corrected chi connectivity index (χ1v) is 12.0. The van der Waals surface area contributed by atoms with Crippen LogP contribution in [0.5, 0.6) is 0 Å². The summed E-state index contributed by atoms with van der Waals surface area (Å²) in [6, 6.07) is 14.9. The molecular formula is C28H31N5O2. The summed E-state index contributed by atoms with van der Waals surface area (Å²) >= 11 is 0. The number of nitriles is 2. The molecule has 1 amide bonds. The van der Waals surface area contributed by atoms with Crippen molar-refractivity contribution in [3.63, 3.8) is 0 Å². The molecule has 180 valence electrons. The smallest absolute Gasteiger partial charge is 0.244 e. The Balaban J connectivity index is 1.42. The maximum atomic E-state index is 13.3. The monoisotopic (exact) mass is 469 g/mol. The van der Waals surface area contributed by atoms with Crippen molar-refractivity contribution < 1.29 is 9.53 Å². The van der Waals surface area contributed by atoms with Crippen LogP contribution in [0.15, 0.2) is 55.1 Å². The van der Waals surface area contributed by atoms with E-state index in [0.717, 1.165) is 36.0 Å². The van der Waals surface area contributed by atoms with Gasteiger partial charge in [0.15, 0.2) is 5.88 Å². The molecule has 4 rings (SSSR count). The number of likely N-dealkylation sites (tertiary alicyclic amines) is 1. The van der Waals surface area contributed by atoms with E-state index in [0.29, 0.717) is 18.0 Å². The van der Waals surface area contributed by atoms with Gasteiger partial charge in [-0.05, 0) is 81.4 Å². The molecule has 2 bridgehead atoms. The fourth-order valence-corrected chi connectivity index (χ4v) is 5.22. The lowest BCUT2D eigenvalue weighted by molar-refractivity contribution is -0.130. The highest BCUT2D eigenvalue weighted by molar-refractivity contribution is 5.83. The van der Waals surface area contributed by atoms with Crippen LogP contribution in [0.3, 0.4) is 0 Å². The maximum Gasteiger partial charge on any atom is 0.244 e. The Hall–Kier alpha value is -3.84. The molecule has 2 heterocycles. The molecule has 4 atom stereocenters. The predicted molar refractivity (Wildman–Crippen MR) is 132 cm³/mol. The number of amides is 1. The highest BCUT2D eigenvalue weighted by Crippen LogP contribution is 2.45. The minimum atomic E-state index is -0.641. The van der Waals surface area contributed by atoms with Gasteiger partial charge < -0.3 is 15.0 Å². The number of carbonyl (C=O) groups is 1. The molecule has 7 nitrogen and oxygen atoms in total. The zero-order valence-electron chi connectivity index (χ0n) is 20.5. The number of pyridine rings is 1. The van der Waals surface area contributed by atoms with Gasteiger partial charge in [0.05, 0.1) is 6.07 Å². The summed E-state index contributed by atoms with van der Waals surface area (Å²) in [5.41, 5.74) is 2.78. The van der Waals surface area contributed by atoms with Gasteiger partial charge in [0, 0.05) is 18.7 Å². The molecule has 1 saturated carbocycles. The van der Waals surface area contributed by atoms with Crippen molar-refractivity contribution in [3.8, 4) is 23.3 Å². The first kappa shape index (κ1) is 24.3. The number of carbonyl (C=O) groups excluding carboxylic acids is 1. The van der Waals surface area contributed by atoms with Crippen molar-refractivity contribution in [2.45, 2.75) is 70.2 Å². The molecule has 1 aliphatic heterocycles. The Morgan fingerprint density at radius 3 is 2.63 bits per heavy atom. The largest absolute Gasteiger partial charge is 0.474 e. The number of fused-ring (bicyclic) bond motifs is 2. The molecule has 2 fully saturated rings. The fraction of sp³-hybridized carbons (Fsp3) is 0.429. The van der Waals surface area contributed by atoms with E-state index in [1.807, 2.05) is 56.0 Å². The zero-order valence-corrected chi connectivity index (χ0v) is 20.5. The molecule has 1 aromatic carbocycles. The van der Waals surface area contributed by atoms with Crippen LogP contribution in [0, 0.1) is 28.6 Å². The van der Waals surface area contributed by atoms with Crippen LogP contribution >= 0.6 is 0 Å². The van der Waals surface area contributed by atoms with E-state index < -0.39 is 11.6 Å². The van der Waals surface area contributed by atoms with E-state index in [-0.39, 0.29) is 23.9 Å². The minimum Gasteiger partial charge on any atom is -0.474 e. The first-order valence-electron chi connectivity index (χ1n) is 12.0. The van der Waals surface area contributed by atoms with E-state index in [2.05, 4.69) is 29.0 Å². The van der Waals surface area contributed by atoms with E-state index >= 15 is 0 Å². The topological polar surface area (TPSA) is 102 Å². The summed E-state index contributed by atoms with van der Waals surface area (Å²) in [5, 5.41) is 21.8. The van der Waals surface area contributed by atoms with Crippen molar-refractivity contribution in [1.82, 2.24) is 15.2 Å². The number of piperidine rings is 1. The van der Waals surface area contributed by atoms with Crippen LogP contribution in [0.2, 0.25) is 0 Å². The van der Waals surface area contributed by atoms with Gasteiger partial charge in [-0.1, -0.05) is 24.3 Å². The summed E-state index contributed by atoms with van der Waals surface area (Å²) in [7, 11) is 0. The summed E-state index contributed by atoms with van der Waals surface area (Å²) in [4.78, 5) is 19.4. The third kappa shape index (κ3) is 5.46. The lowest BCUT2D eigenvalue weighted by atomic mass is 9.97. The second kappa shape index (κ2) is 9.80. The third-order valence-electron chi connectivity index (χ3n) is 6.64. The van der Waals surface area contributed by atoms with Gasteiger partial charge in [-0.3, -0.25) is 4.79 Å². The number of hydrogen-bond donors (Lipinski definition) is 1. The SMILES string of the molecule is C=C(OC(C)(C)C)N1[C@@H]2CC[C@@H](C2)[C@H]1C(=O)N[C@H](C#N)Cc1ccc(-c2ccnc(C#N)c2)cc1. The van der Waals surface area contributed by atoms with Crippen molar-refractivity contribution in [2.24, 2.45) is 5.92 Å². The number of rotatable bonds is 7. The summed E-state index contributed by atoms with van der Waals surface area (Å²) in [5.74, 6) is 0.641. The van der Waals surface area contributed by atoms with Gasteiger partial charge in [0.25, 0.3) is 0 Å². The van der Waals surface area contributed by atoms with Gasteiger partial charge in [0.2, 0.25) is 5.91 Å². The van der Waals surface area contributed by atoms with Crippen LogP contribution < -0.4 is 5.32 Å². The quantitative estimate of drug-likeness (QED) is 0.606. The molecule has 1 aliphatic carbocycles. The van der Waals surface area contributed by atoms with Crippen LogP contribution in [0.4, 0.5) is 0 Å². The zero-order chi connectivity index (χ0) is 25.2. The lowest BCUT2D eigenvalue weighted by Gasteiger charge is -2.39. The first-order chi connectivity index (χ1) is 16.7. The van der Waals surface area contributed by atoms with Gasteiger partial charge in [-0.25, -0.2) is 4.98 Å². The standard InChI is InChI=1S/C28H31N5O2/c1-18(35-28(2,3)4)33-25-10-9-22(15-25)26(33)27(34)32-24(17-30)13-19-5-7-20(8-6-19)21-11-12-31-23(14-21)16-29/h5-8,11-12,14,22,24-26H,1,9-10,13,15H2,2-4H3,(H,32,34)/t22-,24-,25+,26-/m0/s1. The fourth-order valence-electron chi connectivity index (χ4n) is 5.22. The number of ether oxygens (including phenoxy) is 1. The molecule has 2 aromatic rings. The Morgan fingerprint density at radius 2 is 1.97 bits per heavy atom. The van der Waals surface area contributed by atoms with Crippen LogP contribution in [0.25, 0.3) is 11.1 Å². The molecular weight excluding hydrogens is 438 g/mol. The Labute approximate surface area is 207 Å². The van der Waals surface area contributed by atoms with Crippen LogP contribution in [-0.2, 0) is 16.0 Å². The molecule has 0 radical (unpaired) electrons. The Kier molecular flexibility index (Phi) is 6.80. The Bertz CT molecular complexity index is 1190. The van der Waals surface area contributed by atoms with Gasteiger partial charge in [-0.15, -0.1) is 0 Å². The second-order valence-electron chi connectivity index (χ2n) is 10.3. The number of aromatic nitrogens is 1. The van der Waals surface area contributed by atoms with Gasteiger partial charge in [-0.2, -0.15) is 10.5 Å². The normalized spacial score (nSPS) is 21.6. The highest BCUT2D eigenvalue weighted by atomic mass is 16.5. The molecule has 1 N–H and O–H groups in total. The molecule has 0 unspecified atom stereocenters. The molecule has 1 saturated heterocycles. The van der Waals surface area contributed by atoms with Crippen molar-refractivity contribution in [1.29, 1.82) is 10.5 Å². The van der Waals surface area contributed by atoms with Gasteiger partial charge >= 0.3 is 0 Å². The average molecular weight is 470 g/mol. The van der Waals surface area contributed by atoms with Gasteiger partial charge in [0.1, 0.15) is 29.4 Å². The van der Waals surface area contributed by atoms with Crippen molar-refractivity contribution in [3.05, 3.63) is 66.3 Å². The van der Waals surface area contributed by atoms with E-state index in [1.165, 1.54) is 0 Å².